The lowest BCUT2D eigenvalue weighted by Crippen LogP contribution is -2.32. The van der Waals surface area contributed by atoms with Gasteiger partial charge in [-0.15, -0.1) is 12.4 Å². The third-order valence-electron chi connectivity index (χ3n) is 4.60. The molecule has 29 heavy (non-hydrogen) atoms. The van der Waals surface area contributed by atoms with Gasteiger partial charge in [-0.05, 0) is 37.1 Å². The fourth-order valence-corrected chi connectivity index (χ4v) is 2.86. The summed E-state index contributed by atoms with van der Waals surface area (Å²) in [5, 5.41) is 6.80. The number of nitrogens with zero attached hydrogens (tertiary/aromatic N) is 1. The molecule has 0 radical (unpaired) electrons. The van der Waals surface area contributed by atoms with Crippen LogP contribution >= 0.6 is 12.4 Å². The van der Waals surface area contributed by atoms with Gasteiger partial charge in [-0.25, -0.2) is 0 Å². The number of amides is 1. The molecule has 1 amide bonds. The average molecular weight is 416 g/mol. The van der Waals surface area contributed by atoms with E-state index in [4.69, 9.17) is 15.0 Å². The molecule has 0 aliphatic heterocycles. The van der Waals surface area contributed by atoms with Crippen molar-refractivity contribution >= 4 is 18.3 Å². The van der Waals surface area contributed by atoms with Crippen molar-refractivity contribution in [1.29, 1.82) is 0 Å². The van der Waals surface area contributed by atoms with Crippen molar-refractivity contribution in [2.45, 2.75) is 32.9 Å². The normalized spacial score (nSPS) is 11.4. The van der Waals surface area contributed by atoms with E-state index in [9.17, 15) is 4.79 Å². The molecule has 1 atom stereocenters. The molecule has 3 aromatic rings. The van der Waals surface area contributed by atoms with E-state index in [1.807, 2.05) is 68.4 Å². The topological polar surface area (TPSA) is 90.4 Å². The molecule has 2 aromatic carbocycles. The molecule has 154 valence electrons. The van der Waals surface area contributed by atoms with Crippen molar-refractivity contribution in [3.8, 4) is 5.75 Å². The van der Waals surface area contributed by atoms with Gasteiger partial charge in [-0.1, -0.05) is 47.6 Å². The Bertz CT molecular complexity index is 891. The molecule has 0 fully saturated rings. The molecule has 0 bridgehead atoms. The lowest BCUT2D eigenvalue weighted by molar-refractivity contribution is -0.120. The van der Waals surface area contributed by atoms with Gasteiger partial charge in [0.05, 0.1) is 17.7 Å². The Balaban J connectivity index is 0.00000300. The molecule has 1 heterocycles. The zero-order valence-corrected chi connectivity index (χ0v) is 17.4. The summed E-state index contributed by atoms with van der Waals surface area (Å²) in [4.78, 5) is 12.2. The quantitative estimate of drug-likeness (QED) is 0.586. The zero-order chi connectivity index (χ0) is 19.9. The number of hydrogen-bond acceptors (Lipinski definition) is 5. The summed E-state index contributed by atoms with van der Waals surface area (Å²) in [6, 6.07) is 17.0. The second-order valence-electron chi connectivity index (χ2n) is 6.73. The summed E-state index contributed by atoms with van der Waals surface area (Å²) in [7, 11) is 0. The van der Waals surface area contributed by atoms with Gasteiger partial charge < -0.3 is 20.3 Å². The smallest absolute Gasteiger partial charge is 0.224 e. The van der Waals surface area contributed by atoms with Crippen molar-refractivity contribution in [3.05, 3.63) is 82.7 Å². The first-order valence-electron chi connectivity index (χ1n) is 9.23. The maximum atomic E-state index is 12.2. The fourth-order valence-electron chi connectivity index (χ4n) is 2.86. The van der Waals surface area contributed by atoms with Gasteiger partial charge in [0.25, 0.3) is 0 Å². The summed E-state index contributed by atoms with van der Waals surface area (Å²) in [6.07, 6.45) is 0.297. The minimum atomic E-state index is -0.217. The van der Waals surface area contributed by atoms with E-state index in [0.29, 0.717) is 19.6 Å². The van der Waals surface area contributed by atoms with Gasteiger partial charge in [-0.3, -0.25) is 4.79 Å². The van der Waals surface area contributed by atoms with Crippen molar-refractivity contribution < 1.29 is 14.1 Å². The highest BCUT2D eigenvalue weighted by Crippen LogP contribution is 2.18. The Hall–Kier alpha value is -2.83. The Kier molecular flexibility index (Phi) is 8.24. The SMILES string of the molecule is Cc1noc(C)c1COc1ccc(CC(=O)NCC(N)c2ccccc2)cc1.Cl. The third kappa shape index (κ3) is 6.34. The number of rotatable bonds is 8. The number of nitrogens with two attached hydrogens (primary N) is 1. The van der Waals surface area contributed by atoms with Crippen LogP contribution in [0.15, 0.2) is 59.1 Å². The number of ether oxygens (including phenoxy) is 1. The molecular formula is C22H26ClN3O3. The average Bonchev–Trinajstić information content (AvgIpc) is 3.04. The van der Waals surface area contributed by atoms with Gasteiger partial charge in [0.15, 0.2) is 0 Å². The van der Waals surface area contributed by atoms with Gasteiger partial charge >= 0.3 is 0 Å². The van der Waals surface area contributed by atoms with Gasteiger partial charge in [0.1, 0.15) is 18.1 Å². The fraction of sp³-hybridized carbons (Fsp3) is 0.273. The molecule has 1 unspecified atom stereocenters. The highest BCUT2D eigenvalue weighted by atomic mass is 35.5. The molecular weight excluding hydrogens is 390 g/mol. The minimum absolute atomic E-state index is 0. The number of nitrogens with one attached hydrogen (secondary N) is 1. The van der Waals surface area contributed by atoms with Crippen LogP contribution in [0, 0.1) is 13.8 Å². The van der Waals surface area contributed by atoms with E-state index in [1.165, 1.54) is 0 Å². The maximum absolute atomic E-state index is 12.2. The highest BCUT2D eigenvalue weighted by Gasteiger charge is 2.11. The third-order valence-corrected chi connectivity index (χ3v) is 4.60. The summed E-state index contributed by atoms with van der Waals surface area (Å²) in [5.74, 6) is 1.44. The van der Waals surface area contributed by atoms with Gasteiger partial charge in [0, 0.05) is 12.6 Å². The van der Waals surface area contributed by atoms with E-state index >= 15 is 0 Å². The first kappa shape index (κ1) is 22.5. The first-order chi connectivity index (χ1) is 13.5. The Labute approximate surface area is 176 Å². The van der Waals surface area contributed by atoms with Crippen molar-refractivity contribution in [2.24, 2.45) is 5.73 Å². The van der Waals surface area contributed by atoms with Crippen LogP contribution in [0.2, 0.25) is 0 Å². The van der Waals surface area contributed by atoms with Gasteiger partial charge in [0.2, 0.25) is 5.91 Å². The van der Waals surface area contributed by atoms with Crippen LogP contribution in [0.5, 0.6) is 5.75 Å². The second kappa shape index (κ2) is 10.6. The van der Waals surface area contributed by atoms with E-state index in [0.717, 1.165) is 33.9 Å². The Morgan fingerprint density at radius 3 is 2.45 bits per heavy atom. The van der Waals surface area contributed by atoms with Crippen LogP contribution in [-0.2, 0) is 17.8 Å². The van der Waals surface area contributed by atoms with Crippen LogP contribution in [0.1, 0.15) is 34.2 Å². The number of carbonyl (C=O) groups is 1. The number of hydrogen-bond donors (Lipinski definition) is 2. The van der Waals surface area contributed by atoms with Crippen LogP contribution in [0.3, 0.4) is 0 Å². The lowest BCUT2D eigenvalue weighted by atomic mass is 10.1. The number of aryl methyl sites for hydroxylation is 2. The molecule has 0 saturated heterocycles. The predicted molar refractivity (Wildman–Crippen MR) is 114 cm³/mol. The van der Waals surface area contributed by atoms with Crippen LogP contribution in [0.4, 0.5) is 0 Å². The van der Waals surface area contributed by atoms with Crippen molar-refractivity contribution in [3.63, 3.8) is 0 Å². The van der Waals surface area contributed by atoms with E-state index in [2.05, 4.69) is 10.5 Å². The highest BCUT2D eigenvalue weighted by molar-refractivity contribution is 5.85. The zero-order valence-electron chi connectivity index (χ0n) is 16.6. The Morgan fingerprint density at radius 1 is 1.14 bits per heavy atom. The number of benzene rings is 2. The first-order valence-corrected chi connectivity index (χ1v) is 9.23. The minimum Gasteiger partial charge on any atom is -0.489 e. The number of halogens is 1. The molecule has 0 aliphatic rings. The number of aromatic nitrogens is 1. The molecule has 7 heteroatoms. The van der Waals surface area contributed by atoms with E-state index in [1.54, 1.807) is 0 Å². The number of carbonyl (C=O) groups excluding carboxylic acids is 1. The van der Waals surface area contributed by atoms with Crippen molar-refractivity contribution in [1.82, 2.24) is 10.5 Å². The van der Waals surface area contributed by atoms with Crippen LogP contribution in [-0.4, -0.2) is 17.6 Å². The standard InChI is InChI=1S/C22H25N3O3.ClH/c1-15-20(16(2)28-25-15)14-27-19-10-8-17(9-11-19)12-22(26)24-13-21(23)18-6-4-3-5-7-18;/h3-11,21H,12-14,23H2,1-2H3,(H,24,26);1H. The summed E-state index contributed by atoms with van der Waals surface area (Å²) >= 11 is 0. The predicted octanol–water partition coefficient (Wildman–Crippen LogP) is 3.65. The summed E-state index contributed by atoms with van der Waals surface area (Å²) in [5.41, 5.74) is 9.81. The molecule has 0 aliphatic carbocycles. The maximum Gasteiger partial charge on any atom is 0.224 e. The molecule has 6 nitrogen and oxygen atoms in total. The van der Waals surface area contributed by atoms with Crippen LogP contribution < -0.4 is 15.8 Å². The summed E-state index contributed by atoms with van der Waals surface area (Å²) in [6.45, 7) is 4.56. The summed E-state index contributed by atoms with van der Waals surface area (Å²) < 4.78 is 10.9. The molecule has 0 saturated carbocycles. The lowest BCUT2D eigenvalue weighted by Gasteiger charge is -2.13. The monoisotopic (exact) mass is 415 g/mol. The Morgan fingerprint density at radius 2 is 1.83 bits per heavy atom. The second-order valence-corrected chi connectivity index (χ2v) is 6.73. The van der Waals surface area contributed by atoms with Crippen molar-refractivity contribution in [2.75, 3.05) is 6.54 Å². The van der Waals surface area contributed by atoms with Gasteiger partial charge in [-0.2, -0.15) is 0 Å². The van der Waals surface area contributed by atoms with E-state index < -0.39 is 0 Å². The molecule has 0 spiro atoms. The molecule has 3 rings (SSSR count). The van der Waals surface area contributed by atoms with E-state index in [-0.39, 0.29) is 24.4 Å². The molecule has 1 aromatic heterocycles. The molecule has 3 N–H and O–H groups in total. The largest absolute Gasteiger partial charge is 0.489 e. The van der Waals surface area contributed by atoms with Crippen LogP contribution in [0.25, 0.3) is 0 Å².